The number of Topliss-reactive ketones (excluding diaryl/α,β-unsaturated/α-hetero) is 1. The van der Waals surface area contributed by atoms with Crippen LogP contribution in [-0.4, -0.2) is 5.78 Å². The molecule has 3 nitrogen and oxygen atoms in total. The third kappa shape index (κ3) is 2.66. The first-order chi connectivity index (χ1) is 9.33. The highest BCUT2D eigenvalue weighted by Gasteiger charge is 2.14. The van der Waals surface area contributed by atoms with Crippen molar-refractivity contribution in [3.63, 3.8) is 0 Å². The van der Waals surface area contributed by atoms with Gasteiger partial charge in [0.25, 0.3) is 0 Å². The van der Waals surface area contributed by atoms with E-state index in [4.69, 9.17) is 9.78 Å². The molecule has 0 unspecified atom stereocenters. The molecule has 1 heterocycles. The summed E-state index contributed by atoms with van der Waals surface area (Å²) in [6.45, 7) is 0.482. The molecule has 0 bridgehead atoms. The Morgan fingerprint density at radius 1 is 1.11 bits per heavy atom. The minimum atomic E-state index is 0.175. The van der Waals surface area contributed by atoms with E-state index in [1.54, 1.807) is 0 Å². The molecule has 0 N–H and O–H groups in total. The van der Waals surface area contributed by atoms with Crippen molar-refractivity contribution in [3.8, 4) is 5.75 Å². The Morgan fingerprint density at radius 3 is 2.79 bits per heavy atom. The molecule has 0 radical (unpaired) electrons. The molecule has 3 rings (SSSR count). The number of hydrogen-bond acceptors (Lipinski definition) is 3. The topological polar surface area (TPSA) is 35.5 Å². The lowest BCUT2D eigenvalue weighted by Crippen LogP contribution is -2.01. The Balaban J connectivity index is 1.65. The highest BCUT2D eigenvalue weighted by Crippen LogP contribution is 2.27. The van der Waals surface area contributed by atoms with E-state index in [1.165, 1.54) is 0 Å². The first-order valence-electron chi connectivity index (χ1n) is 6.32. The van der Waals surface area contributed by atoms with Crippen LogP contribution in [0.2, 0.25) is 0 Å². The molecule has 2 aromatic carbocycles. The monoisotopic (exact) mass is 254 g/mol. The van der Waals surface area contributed by atoms with E-state index < -0.39 is 0 Å². The molecule has 0 aromatic heterocycles. The van der Waals surface area contributed by atoms with E-state index in [0.29, 0.717) is 13.0 Å². The predicted octanol–water partition coefficient (Wildman–Crippen LogP) is 3.33. The van der Waals surface area contributed by atoms with Gasteiger partial charge in [-0.05, 0) is 24.1 Å². The van der Waals surface area contributed by atoms with Gasteiger partial charge in [-0.15, -0.1) is 0 Å². The number of benzene rings is 2. The molecular formula is C16H14O3. The summed E-state index contributed by atoms with van der Waals surface area (Å²) in [6.07, 6.45) is 1.26. The second kappa shape index (κ2) is 5.24. The maximum atomic E-state index is 12.0. The smallest absolute Gasteiger partial charge is 0.171 e. The summed E-state index contributed by atoms with van der Waals surface area (Å²) in [6, 6.07) is 15.3. The van der Waals surface area contributed by atoms with Gasteiger partial charge in [-0.1, -0.05) is 36.4 Å². The SMILES string of the molecule is O=C(CCc1ccc2c(c1)COO2)c1ccccc1. The molecule has 0 amide bonds. The molecule has 0 aliphatic carbocycles. The fourth-order valence-electron chi connectivity index (χ4n) is 2.17. The molecule has 96 valence electrons. The highest BCUT2D eigenvalue weighted by molar-refractivity contribution is 5.96. The maximum absolute atomic E-state index is 12.0. The zero-order valence-corrected chi connectivity index (χ0v) is 10.5. The van der Waals surface area contributed by atoms with Gasteiger partial charge in [-0.2, -0.15) is 4.89 Å². The Kier molecular flexibility index (Phi) is 3.29. The lowest BCUT2D eigenvalue weighted by atomic mass is 10.0. The standard InChI is InChI=1S/C16H14O3/c17-15(13-4-2-1-3-5-13)8-6-12-7-9-16-14(10-12)11-18-19-16/h1-5,7,9-10H,6,8,11H2. The predicted molar refractivity (Wildman–Crippen MR) is 71.0 cm³/mol. The molecule has 0 fully saturated rings. The van der Waals surface area contributed by atoms with Crippen molar-refractivity contribution >= 4 is 5.78 Å². The zero-order chi connectivity index (χ0) is 13.1. The van der Waals surface area contributed by atoms with Gasteiger partial charge in [0.05, 0.1) is 0 Å². The van der Waals surface area contributed by atoms with Crippen LogP contribution in [0.15, 0.2) is 48.5 Å². The van der Waals surface area contributed by atoms with E-state index in [9.17, 15) is 4.79 Å². The highest BCUT2D eigenvalue weighted by atomic mass is 17.2. The van der Waals surface area contributed by atoms with Crippen molar-refractivity contribution in [2.45, 2.75) is 19.4 Å². The van der Waals surface area contributed by atoms with Gasteiger partial charge in [0.15, 0.2) is 11.5 Å². The van der Waals surface area contributed by atoms with Gasteiger partial charge in [0, 0.05) is 17.5 Å². The molecular weight excluding hydrogens is 240 g/mol. The van der Waals surface area contributed by atoms with E-state index in [0.717, 1.165) is 28.9 Å². The van der Waals surface area contributed by atoms with Crippen molar-refractivity contribution in [1.82, 2.24) is 0 Å². The minimum Gasteiger partial charge on any atom is -0.337 e. The Labute approximate surface area is 111 Å². The van der Waals surface area contributed by atoms with Crippen LogP contribution in [-0.2, 0) is 17.9 Å². The second-order valence-electron chi connectivity index (χ2n) is 4.58. The lowest BCUT2D eigenvalue weighted by Gasteiger charge is -2.03. The Bertz CT molecular complexity index is 590. The quantitative estimate of drug-likeness (QED) is 0.620. The van der Waals surface area contributed by atoms with Crippen LogP contribution in [0.25, 0.3) is 0 Å². The number of carbonyl (C=O) groups excluding carboxylic acids is 1. The summed E-state index contributed by atoms with van der Waals surface area (Å²) in [5, 5.41) is 0. The van der Waals surface area contributed by atoms with E-state index in [2.05, 4.69) is 0 Å². The Morgan fingerprint density at radius 2 is 1.95 bits per heavy atom. The van der Waals surface area contributed by atoms with Crippen LogP contribution >= 0.6 is 0 Å². The first-order valence-corrected chi connectivity index (χ1v) is 6.32. The summed E-state index contributed by atoms with van der Waals surface area (Å²) in [7, 11) is 0. The Hall–Kier alpha value is -2.13. The van der Waals surface area contributed by atoms with E-state index in [1.807, 2.05) is 48.5 Å². The number of fused-ring (bicyclic) bond motifs is 1. The summed E-state index contributed by atoms with van der Waals surface area (Å²) in [4.78, 5) is 21.9. The normalized spacial score (nSPS) is 12.8. The molecule has 3 heteroatoms. The molecule has 0 spiro atoms. The largest absolute Gasteiger partial charge is 0.337 e. The molecule has 1 aliphatic heterocycles. The van der Waals surface area contributed by atoms with Crippen LogP contribution < -0.4 is 4.89 Å². The summed E-state index contributed by atoms with van der Waals surface area (Å²) in [5.41, 5.74) is 2.96. The van der Waals surface area contributed by atoms with Crippen molar-refractivity contribution < 1.29 is 14.6 Å². The van der Waals surface area contributed by atoms with E-state index >= 15 is 0 Å². The molecule has 1 aliphatic rings. The van der Waals surface area contributed by atoms with Gasteiger partial charge in [0.2, 0.25) is 0 Å². The first kappa shape index (κ1) is 11.9. The third-order valence-electron chi connectivity index (χ3n) is 3.22. The number of ketones is 1. The third-order valence-corrected chi connectivity index (χ3v) is 3.22. The van der Waals surface area contributed by atoms with Gasteiger partial charge in [-0.25, -0.2) is 0 Å². The molecule has 0 saturated carbocycles. The summed E-state index contributed by atoms with van der Waals surface area (Å²) in [5.74, 6) is 0.951. The number of hydrogen-bond donors (Lipinski definition) is 0. The van der Waals surface area contributed by atoms with Gasteiger partial charge in [0.1, 0.15) is 6.61 Å². The average molecular weight is 254 g/mol. The van der Waals surface area contributed by atoms with Gasteiger partial charge in [-0.3, -0.25) is 4.79 Å². The molecule has 0 saturated heterocycles. The van der Waals surface area contributed by atoms with Crippen LogP contribution in [0.5, 0.6) is 5.75 Å². The van der Waals surface area contributed by atoms with E-state index in [-0.39, 0.29) is 5.78 Å². The van der Waals surface area contributed by atoms with Gasteiger partial charge < -0.3 is 4.89 Å². The van der Waals surface area contributed by atoms with Crippen LogP contribution in [0.3, 0.4) is 0 Å². The van der Waals surface area contributed by atoms with Gasteiger partial charge >= 0.3 is 0 Å². The lowest BCUT2D eigenvalue weighted by molar-refractivity contribution is -0.194. The molecule has 19 heavy (non-hydrogen) atoms. The minimum absolute atomic E-state index is 0.175. The number of rotatable bonds is 4. The van der Waals surface area contributed by atoms with Crippen LogP contribution in [0.1, 0.15) is 27.9 Å². The fraction of sp³-hybridized carbons (Fsp3) is 0.188. The maximum Gasteiger partial charge on any atom is 0.171 e. The van der Waals surface area contributed by atoms with Crippen molar-refractivity contribution in [2.24, 2.45) is 0 Å². The van der Waals surface area contributed by atoms with Crippen molar-refractivity contribution in [3.05, 3.63) is 65.2 Å². The average Bonchev–Trinajstić information content (AvgIpc) is 2.93. The zero-order valence-electron chi connectivity index (χ0n) is 10.5. The molecule has 0 atom stereocenters. The van der Waals surface area contributed by atoms with Crippen LogP contribution in [0.4, 0.5) is 0 Å². The summed E-state index contributed by atoms with van der Waals surface area (Å²) < 4.78 is 0. The van der Waals surface area contributed by atoms with Crippen LogP contribution in [0, 0.1) is 0 Å². The number of carbonyl (C=O) groups is 1. The fourth-order valence-corrected chi connectivity index (χ4v) is 2.17. The number of aryl methyl sites for hydroxylation is 1. The van der Waals surface area contributed by atoms with Crippen molar-refractivity contribution in [1.29, 1.82) is 0 Å². The summed E-state index contributed by atoms with van der Waals surface area (Å²) >= 11 is 0. The molecule has 2 aromatic rings. The second-order valence-corrected chi connectivity index (χ2v) is 4.58. The van der Waals surface area contributed by atoms with Crippen molar-refractivity contribution in [2.75, 3.05) is 0 Å².